The Balaban J connectivity index is 1.65. The van der Waals surface area contributed by atoms with Crippen molar-refractivity contribution in [2.24, 2.45) is 0 Å². The largest absolute Gasteiger partial charge is 0.482 e. The van der Waals surface area contributed by atoms with Gasteiger partial charge in [0.1, 0.15) is 5.75 Å². The lowest BCUT2D eigenvalue weighted by Crippen LogP contribution is -2.39. The number of nitrogens with zero attached hydrogens (tertiary/aromatic N) is 1. The van der Waals surface area contributed by atoms with Crippen LogP contribution in [0.3, 0.4) is 0 Å². The molecule has 2 aliphatic rings. The number of halogens is 1. The first kappa shape index (κ1) is 13.7. The van der Waals surface area contributed by atoms with E-state index in [1.807, 2.05) is 12.1 Å². The molecule has 2 aliphatic heterocycles. The molecule has 1 unspecified atom stereocenters. The van der Waals surface area contributed by atoms with Gasteiger partial charge >= 0.3 is 0 Å². The number of anilines is 1. The summed E-state index contributed by atoms with van der Waals surface area (Å²) in [7, 11) is 0. The van der Waals surface area contributed by atoms with Gasteiger partial charge in [-0.2, -0.15) is 0 Å². The normalized spacial score (nSPS) is 21.8. The van der Waals surface area contributed by atoms with Gasteiger partial charge < -0.3 is 15.0 Å². The molecule has 1 fully saturated rings. The molecule has 1 atom stereocenters. The zero-order chi connectivity index (χ0) is 13.9. The molecule has 1 saturated heterocycles. The molecule has 2 heterocycles. The van der Waals surface area contributed by atoms with Gasteiger partial charge in [-0.1, -0.05) is 11.6 Å². The number of fused-ring (bicyclic) bond motifs is 1. The lowest BCUT2D eigenvalue weighted by Gasteiger charge is -2.29. The van der Waals surface area contributed by atoms with Crippen LogP contribution in [0.25, 0.3) is 0 Å². The van der Waals surface area contributed by atoms with E-state index < -0.39 is 0 Å². The summed E-state index contributed by atoms with van der Waals surface area (Å²) < 4.78 is 5.44. The molecule has 1 N–H and O–H groups in total. The SMILES string of the molecule is O=C1COc2ccc(Cl)cc2N1CCCC1CCCN1. The third-order valence-corrected chi connectivity index (χ3v) is 4.20. The van der Waals surface area contributed by atoms with Crippen molar-refractivity contribution in [3.63, 3.8) is 0 Å². The molecule has 20 heavy (non-hydrogen) atoms. The first-order valence-electron chi connectivity index (χ1n) is 7.20. The molecule has 3 rings (SSSR count). The predicted molar refractivity (Wildman–Crippen MR) is 79.6 cm³/mol. The number of hydrogen-bond donors (Lipinski definition) is 1. The average Bonchev–Trinajstić information content (AvgIpc) is 2.94. The Kier molecular flexibility index (Phi) is 4.13. The van der Waals surface area contributed by atoms with E-state index in [1.165, 1.54) is 12.8 Å². The van der Waals surface area contributed by atoms with Crippen LogP contribution in [-0.2, 0) is 4.79 Å². The molecule has 108 valence electrons. The summed E-state index contributed by atoms with van der Waals surface area (Å²) in [5.41, 5.74) is 0.799. The van der Waals surface area contributed by atoms with E-state index in [4.69, 9.17) is 16.3 Å². The monoisotopic (exact) mass is 294 g/mol. The molecule has 0 aliphatic carbocycles. The van der Waals surface area contributed by atoms with Crippen molar-refractivity contribution in [1.29, 1.82) is 0 Å². The second-order valence-corrected chi connectivity index (χ2v) is 5.82. The van der Waals surface area contributed by atoms with Gasteiger partial charge in [-0.05, 0) is 50.4 Å². The maximum Gasteiger partial charge on any atom is 0.265 e. The Hall–Kier alpha value is -1.26. The predicted octanol–water partition coefficient (Wildman–Crippen LogP) is 2.60. The van der Waals surface area contributed by atoms with E-state index >= 15 is 0 Å². The molecule has 1 amide bonds. The van der Waals surface area contributed by atoms with Gasteiger partial charge in [0.15, 0.2) is 6.61 Å². The maximum atomic E-state index is 12.0. The number of benzene rings is 1. The van der Waals surface area contributed by atoms with Crippen LogP contribution < -0.4 is 15.0 Å². The van der Waals surface area contributed by atoms with Gasteiger partial charge in [0, 0.05) is 17.6 Å². The van der Waals surface area contributed by atoms with Crippen molar-refractivity contribution in [3.8, 4) is 5.75 Å². The molecule has 4 nitrogen and oxygen atoms in total. The van der Waals surface area contributed by atoms with Crippen LogP contribution in [0, 0.1) is 0 Å². The van der Waals surface area contributed by atoms with Crippen molar-refractivity contribution >= 4 is 23.2 Å². The third kappa shape index (κ3) is 2.91. The van der Waals surface area contributed by atoms with E-state index in [0.29, 0.717) is 11.1 Å². The zero-order valence-corrected chi connectivity index (χ0v) is 12.2. The Morgan fingerprint density at radius 3 is 3.15 bits per heavy atom. The zero-order valence-electron chi connectivity index (χ0n) is 11.4. The van der Waals surface area contributed by atoms with E-state index in [-0.39, 0.29) is 12.5 Å². The van der Waals surface area contributed by atoms with Gasteiger partial charge in [0.25, 0.3) is 5.91 Å². The highest BCUT2D eigenvalue weighted by atomic mass is 35.5. The summed E-state index contributed by atoms with van der Waals surface area (Å²) >= 11 is 6.02. The van der Waals surface area contributed by atoms with Crippen LogP contribution in [0.5, 0.6) is 5.75 Å². The second-order valence-electron chi connectivity index (χ2n) is 5.38. The van der Waals surface area contributed by atoms with Crippen molar-refractivity contribution in [1.82, 2.24) is 5.32 Å². The Morgan fingerprint density at radius 1 is 1.45 bits per heavy atom. The number of amides is 1. The topological polar surface area (TPSA) is 41.6 Å². The minimum Gasteiger partial charge on any atom is -0.482 e. The van der Waals surface area contributed by atoms with Crippen LogP contribution in [0.2, 0.25) is 5.02 Å². The van der Waals surface area contributed by atoms with Gasteiger partial charge in [-0.25, -0.2) is 0 Å². The van der Waals surface area contributed by atoms with Crippen molar-refractivity contribution in [2.75, 3.05) is 24.6 Å². The van der Waals surface area contributed by atoms with Crippen LogP contribution in [0.1, 0.15) is 25.7 Å². The first-order chi connectivity index (χ1) is 9.74. The lowest BCUT2D eigenvalue weighted by atomic mass is 10.1. The minimum absolute atomic E-state index is 0.0131. The van der Waals surface area contributed by atoms with Gasteiger partial charge in [0.2, 0.25) is 0 Å². The van der Waals surface area contributed by atoms with Crippen molar-refractivity contribution in [3.05, 3.63) is 23.2 Å². The van der Waals surface area contributed by atoms with E-state index in [0.717, 1.165) is 37.4 Å². The molecule has 0 bridgehead atoms. The third-order valence-electron chi connectivity index (χ3n) is 3.96. The summed E-state index contributed by atoms with van der Waals surface area (Å²) in [5, 5.41) is 4.11. The van der Waals surface area contributed by atoms with Gasteiger partial charge in [-0.15, -0.1) is 0 Å². The Morgan fingerprint density at radius 2 is 2.35 bits per heavy atom. The summed E-state index contributed by atoms with van der Waals surface area (Å²) in [4.78, 5) is 13.8. The van der Waals surface area contributed by atoms with Crippen molar-refractivity contribution < 1.29 is 9.53 Å². The molecule has 1 aromatic carbocycles. The van der Waals surface area contributed by atoms with Crippen LogP contribution in [0.4, 0.5) is 5.69 Å². The van der Waals surface area contributed by atoms with Crippen LogP contribution in [0.15, 0.2) is 18.2 Å². The second kappa shape index (κ2) is 6.02. The highest BCUT2D eigenvalue weighted by Crippen LogP contribution is 2.34. The van der Waals surface area contributed by atoms with E-state index in [9.17, 15) is 4.79 Å². The smallest absolute Gasteiger partial charge is 0.265 e. The molecule has 0 radical (unpaired) electrons. The molecule has 0 saturated carbocycles. The van der Waals surface area contributed by atoms with E-state index in [2.05, 4.69) is 5.32 Å². The Bertz CT molecular complexity index is 501. The number of carbonyl (C=O) groups excluding carboxylic acids is 1. The maximum absolute atomic E-state index is 12.0. The highest BCUT2D eigenvalue weighted by molar-refractivity contribution is 6.31. The number of hydrogen-bond acceptors (Lipinski definition) is 3. The fourth-order valence-electron chi connectivity index (χ4n) is 2.92. The van der Waals surface area contributed by atoms with Crippen molar-refractivity contribution in [2.45, 2.75) is 31.7 Å². The number of nitrogens with one attached hydrogen (secondary N) is 1. The van der Waals surface area contributed by atoms with Gasteiger partial charge in [0.05, 0.1) is 5.69 Å². The summed E-state index contributed by atoms with van der Waals surface area (Å²) in [6, 6.07) is 6.04. The minimum atomic E-state index is 0.0131. The Labute approximate surface area is 124 Å². The fraction of sp³-hybridized carbons (Fsp3) is 0.533. The summed E-state index contributed by atoms with van der Waals surface area (Å²) in [6.07, 6.45) is 4.62. The van der Waals surface area contributed by atoms with E-state index in [1.54, 1.807) is 11.0 Å². The average molecular weight is 295 g/mol. The van der Waals surface area contributed by atoms with Gasteiger partial charge in [-0.3, -0.25) is 4.79 Å². The molecule has 5 heteroatoms. The molecule has 0 spiro atoms. The fourth-order valence-corrected chi connectivity index (χ4v) is 3.09. The first-order valence-corrected chi connectivity index (χ1v) is 7.58. The van der Waals surface area contributed by atoms with Crippen LogP contribution >= 0.6 is 11.6 Å². The molecule has 0 aromatic heterocycles. The molecular weight excluding hydrogens is 276 g/mol. The summed E-state index contributed by atoms with van der Waals surface area (Å²) in [6.45, 7) is 1.98. The summed E-state index contributed by atoms with van der Waals surface area (Å²) in [5.74, 6) is 0.757. The number of rotatable bonds is 4. The van der Waals surface area contributed by atoms with Crippen LogP contribution in [-0.4, -0.2) is 31.6 Å². The highest BCUT2D eigenvalue weighted by Gasteiger charge is 2.25. The quantitative estimate of drug-likeness (QED) is 0.928. The molecular formula is C15H19ClN2O2. The molecule has 1 aromatic rings. The number of ether oxygens (including phenoxy) is 1. The number of carbonyl (C=O) groups is 1. The lowest BCUT2D eigenvalue weighted by molar-refractivity contribution is -0.121. The standard InChI is InChI=1S/C15H19ClN2O2/c16-11-5-6-14-13(9-11)18(15(19)10-20-14)8-2-4-12-3-1-7-17-12/h5-6,9,12,17H,1-4,7-8,10H2.